The Bertz CT molecular complexity index is 4120. The number of benzene rings is 3. The molecule has 4 unspecified atom stereocenters. The fourth-order valence-electron chi connectivity index (χ4n) is 13.0. The smallest absolute Gasteiger partial charge is 0.326 e. The Balaban J connectivity index is 1.53. The van der Waals surface area contributed by atoms with Gasteiger partial charge in [-0.2, -0.15) is 0 Å². The number of thiophene rings is 1. The highest BCUT2D eigenvalue weighted by atomic mass is 33.1. The second kappa shape index (κ2) is 44.1. The van der Waals surface area contributed by atoms with Crippen LogP contribution in [0, 0.1) is 27.1 Å². The molecule has 624 valence electrons. The first-order valence-corrected chi connectivity index (χ1v) is 40.8. The normalized spacial score (nSPS) is 21.5. The number of aliphatic hydroxyl groups excluding tert-OH is 1. The van der Waals surface area contributed by atoms with E-state index in [-0.39, 0.29) is 109 Å². The predicted octanol–water partition coefficient (Wildman–Crippen LogP) is -1.17. The molecule has 6 rings (SSSR count). The minimum Gasteiger partial charge on any atom is -0.480 e. The number of amides is 11. The number of hydrogen-bond acceptors (Lipinski definition) is 20. The number of guanidine groups is 4. The van der Waals surface area contributed by atoms with Crippen molar-refractivity contribution < 1.29 is 67.7 Å². The molecule has 0 spiro atoms. The molecule has 12 atom stereocenters. The number of carbonyl (C=O) groups is 12. The number of nitrogens with two attached hydrogens (primary N) is 4. The van der Waals surface area contributed by atoms with Crippen LogP contribution in [-0.4, -0.2) is 226 Å². The zero-order valence-corrected chi connectivity index (χ0v) is 67.5. The van der Waals surface area contributed by atoms with Crippen molar-refractivity contribution in [3.05, 3.63) is 83.2 Å². The Hall–Kier alpha value is -10.7. The molecule has 114 heavy (non-hydrogen) atoms. The van der Waals surface area contributed by atoms with Crippen molar-refractivity contribution in [3.63, 3.8) is 0 Å². The highest BCUT2D eigenvalue weighted by Crippen LogP contribution is 2.39. The number of carbonyl (C=O) groups excluding carboxylic acids is 11. The topological polar surface area (TPSA) is 616 Å². The van der Waals surface area contributed by atoms with Crippen LogP contribution < -0.4 is 97.4 Å². The molecule has 3 aromatic carbocycles. The molecule has 2 aliphatic heterocycles. The number of rotatable bonds is 29. The molecule has 11 amide bonds. The van der Waals surface area contributed by atoms with Crippen LogP contribution in [0.25, 0.3) is 20.9 Å². The molecule has 1 aromatic heterocycles. The Kier molecular flexibility index (Phi) is 35.6. The Morgan fingerprint density at radius 3 is 1.68 bits per heavy atom. The highest BCUT2D eigenvalue weighted by Gasteiger charge is 2.45. The Morgan fingerprint density at radius 1 is 0.623 bits per heavy atom. The van der Waals surface area contributed by atoms with E-state index < -0.39 is 178 Å². The van der Waals surface area contributed by atoms with E-state index >= 15 is 28.8 Å². The lowest BCUT2D eigenvalue weighted by molar-refractivity contribution is -0.146. The summed E-state index contributed by atoms with van der Waals surface area (Å²) in [6.07, 6.45) is -1.81. The third-order valence-corrected chi connectivity index (χ3v) is 23.3. The van der Waals surface area contributed by atoms with Crippen LogP contribution in [0.2, 0.25) is 0 Å². The van der Waals surface area contributed by atoms with E-state index in [1.165, 1.54) is 37.0 Å². The summed E-state index contributed by atoms with van der Waals surface area (Å²) in [5.74, 6) is -13.4. The lowest BCUT2D eigenvalue weighted by Crippen LogP contribution is -2.65. The van der Waals surface area contributed by atoms with Gasteiger partial charge in [0.1, 0.15) is 66.5 Å². The quantitative estimate of drug-likeness (QED) is 0.0132. The summed E-state index contributed by atoms with van der Waals surface area (Å²) < 4.78 is -0.742. The second-order valence-electron chi connectivity index (χ2n) is 29.7. The van der Waals surface area contributed by atoms with E-state index in [2.05, 4.69) is 74.4 Å². The molecule has 3 heterocycles. The number of carboxylic acid groups (broad SMARTS) is 1. The zero-order chi connectivity index (χ0) is 84.1. The number of piperidine rings is 1. The van der Waals surface area contributed by atoms with Gasteiger partial charge in [-0.25, -0.2) is 4.79 Å². The van der Waals surface area contributed by atoms with Gasteiger partial charge < -0.3 is 112 Å². The second-order valence-corrected chi connectivity index (χ2v) is 33.6. The number of aliphatic carboxylic acids is 1. The molecule has 0 aliphatic carbocycles. The van der Waals surface area contributed by atoms with Gasteiger partial charge in [-0.3, -0.25) is 74.4 Å². The molecule has 0 saturated carbocycles. The van der Waals surface area contributed by atoms with E-state index in [9.17, 15) is 39.0 Å². The summed E-state index contributed by atoms with van der Waals surface area (Å²) in [4.78, 5) is 179. The lowest BCUT2D eigenvalue weighted by atomic mass is 9.86. The van der Waals surface area contributed by atoms with E-state index in [1.807, 2.05) is 66.0 Å². The highest BCUT2D eigenvalue weighted by molar-refractivity contribution is 8.77. The van der Waals surface area contributed by atoms with Crippen LogP contribution in [0.15, 0.2) is 72.1 Å². The Labute approximate surface area is 673 Å². The maximum atomic E-state index is 16.0. The summed E-state index contributed by atoms with van der Waals surface area (Å²) in [6, 6.07) is 3.10. The fourth-order valence-corrected chi connectivity index (χ4v) is 16.8. The zero-order valence-electron chi connectivity index (χ0n) is 65.1. The van der Waals surface area contributed by atoms with Crippen molar-refractivity contribution in [2.24, 2.45) is 28.3 Å². The summed E-state index contributed by atoms with van der Waals surface area (Å²) in [5.41, 5.74) is 22.5. The van der Waals surface area contributed by atoms with Gasteiger partial charge in [-0.05, 0) is 136 Å². The molecule has 40 heteroatoms. The number of carboxylic acids is 1. The van der Waals surface area contributed by atoms with Crippen LogP contribution in [0.3, 0.4) is 0 Å². The molecule has 0 bridgehead atoms. The van der Waals surface area contributed by atoms with Gasteiger partial charge in [-0.1, -0.05) is 103 Å². The van der Waals surface area contributed by atoms with Crippen molar-refractivity contribution >= 4 is 149 Å². The monoisotopic (exact) mass is 1640 g/mol. The number of nitrogens with one attached hydrogen (secondary N) is 18. The van der Waals surface area contributed by atoms with E-state index in [0.717, 1.165) is 49.4 Å². The molecule has 2 fully saturated rings. The molecule has 28 N–H and O–H groups in total. The molecule has 0 radical (unpaired) electrons. The largest absolute Gasteiger partial charge is 0.480 e. The molecule has 2 aliphatic rings. The first-order valence-electron chi connectivity index (χ1n) is 37.6. The molecular weight excluding hydrogens is 1530 g/mol. The number of nitrogens with zero attached hydrogens (tertiary/aromatic N) is 1. The Morgan fingerprint density at radius 2 is 1.14 bits per heavy atom. The average Bonchev–Trinajstić information content (AvgIpc) is 1.06. The summed E-state index contributed by atoms with van der Waals surface area (Å²) in [5, 5.41) is 94.4. The first kappa shape index (κ1) is 92.1. The SMILES string of the molecule is CC(=O)N[C@H]1CSSC(C)(C)C(C(=O)N[C@H](C(=O)N[C@@H](CCCNC(=N)N)C(=O)N[C@H](C(=O)O)C(C)(C)C)[C@@H](C)O)NC(=O)[C@@H]2CCCCN2C(=O)C(Cc2csc3ccccc23)NC(=O)C(Cc2ccc3ccccc3c2)NC(=O)[C@H](CCCNC(=N)N)NC(=O)C(CCCNC(=N)N)NC(=O)[C@@H](CCCNC(=N)N)NC1=O. The van der Waals surface area contributed by atoms with Crippen molar-refractivity contribution in [1.29, 1.82) is 21.6 Å². The van der Waals surface area contributed by atoms with E-state index in [1.54, 1.807) is 26.8 Å². The maximum Gasteiger partial charge on any atom is 0.326 e. The van der Waals surface area contributed by atoms with E-state index in [4.69, 9.17) is 44.6 Å². The third-order valence-electron chi connectivity index (χ3n) is 19.0. The van der Waals surface area contributed by atoms with Crippen LogP contribution in [0.4, 0.5) is 0 Å². The number of hydrogen-bond donors (Lipinski definition) is 24. The van der Waals surface area contributed by atoms with Crippen molar-refractivity contribution in [2.75, 3.05) is 38.5 Å². The molecule has 2 saturated heterocycles. The van der Waals surface area contributed by atoms with Crippen LogP contribution >= 0.6 is 32.9 Å². The van der Waals surface area contributed by atoms with Gasteiger partial charge in [0.2, 0.25) is 65.0 Å². The van der Waals surface area contributed by atoms with Crippen LogP contribution in [0.5, 0.6) is 0 Å². The van der Waals surface area contributed by atoms with E-state index in [0.29, 0.717) is 24.0 Å². The molecule has 37 nitrogen and oxygen atoms in total. The minimum absolute atomic E-state index is 0.00391. The van der Waals surface area contributed by atoms with Gasteiger partial charge >= 0.3 is 5.97 Å². The van der Waals surface area contributed by atoms with Gasteiger partial charge in [-0.15, -0.1) is 11.3 Å². The van der Waals surface area contributed by atoms with Gasteiger partial charge in [0.05, 0.1) is 6.10 Å². The van der Waals surface area contributed by atoms with Crippen molar-refractivity contribution in [3.8, 4) is 0 Å². The fraction of sp³-hybridized carbons (Fsp3) is 0.541. The van der Waals surface area contributed by atoms with Gasteiger partial charge in [0.25, 0.3) is 0 Å². The summed E-state index contributed by atoms with van der Waals surface area (Å²) in [6.45, 7) is 10.1. The standard InChI is InChI=1S/C74H111N23O14S3/c1-39(98)55(65(107)91-49(24-17-32-86-72(81)82)61(103)96-57(68(110)111)73(3,4)5)94-66(108)56-74(6,7)114-113-38-52(87-40(2)99)63(105)90-47(22-15-30-84-70(77)78)59(101)88-46(21-14-29-83-69(75)76)58(100)89-48(23-16-31-85-71(79)80)60(102)92-50(35-41-27-28-42-18-8-9-19-43(42)34-41)62(104)93-51(36-44-37-112-54-26-11-10-20-45(44)54)67(109)97-33-13-12-25-53(97)64(106)95-56/h8-11,18-20,26-28,34,37,39,46-53,55-57,98H,12-17,21-25,29-33,35-36,38H2,1-7H3,(H,87,99)(H,88,101)(H,89,100)(H,90,105)(H,91,107)(H,92,102)(H,93,104)(H,94,108)(H,95,106)(H,96,103)(H,110,111)(H4,75,76,83)(H4,77,78,84)(H4,79,80,85)(H4,81,82,86)/t39-,46?,47-,48+,49+,50?,51?,52+,53+,55+,56?,57-/m1/s1. The average molecular weight is 1640 g/mol. The van der Waals surface area contributed by atoms with Crippen molar-refractivity contribution in [1.82, 2.24) is 79.3 Å². The molecular formula is C74H111N23O14S3. The summed E-state index contributed by atoms with van der Waals surface area (Å²) >= 11 is 1.38. The minimum atomic E-state index is -1.92. The molecule has 4 aromatic rings. The van der Waals surface area contributed by atoms with Gasteiger partial charge in [0.15, 0.2) is 23.8 Å². The first-order chi connectivity index (χ1) is 53.8. The number of aliphatic hydroxyl groups is 1. The van der Waals surface area contributed by atoms with Crippen molar-refractivity contribution in [2.45, 2.75) is 209 Å². The number of fused-ring (bicyclic) bond motifs is 3. The maximum absolute atomic E-state index is 16.0. The van der Waals surface area contributed by atoms with Crippen LogP contribution in [0.1, 0.15) is 130 Å². The predicted molar refractivity (Wildman–Crippen MR) is 437 cm³/mol. The third kappa shape index (κ3) is 29.0. The summed E-state index contributed by atoms with van der Waals surface area (Å²) in [7, 11) is 1.84. The lowest BCUT2D eigenvalue weighted by Gasteiger charge is -2.40. The van der Waals surface area contributed by atoms with Crippen LogP contribution in [-0.2, 0) is 70.4 Å². The van der Waals surface area contributed by atoms with Gasteiger partial charge in [0, 0.05) is 67.7 Å².